The number of piperazine rings is 1. The number of aromatic nitrogens is 6. The number of nitrogens with two attached hydrogens (primary N) is 2. The molecule has 2 aromatic rings. The summed E-state index contributed by atoms with van der Waals surface area (Å²) in [5.74, 6) is 4.22. The summed E-state index contributed by atoms with van der Waals surface area (Å²) in [5.41, 5.74) is 11.6. The van der Waals surface area contributed by atoms with Crippen LogP contribution in [0.4, 0.5) is 17.8 Å². The molecule has 1 amide bonds. The zero-order valence-corrected chi connectivity index (χ0v) is 29.4. The van der Waals surface area contributed by atoms with E-state index in [0.29, 0.717) is 123 Å². The number of amides is 1. The first-order valence-electron chi connectivity index (χ1n) is 17.4. The maximum Gasteiger partial charge on any atom is 0.247 e. The summed E-state index contributed by atoms with van der Waals surface area (Å²) in [6.45, 7) is 12.6. The normalized spacial score (nSPS) is 16.1. The van der Waals surface area contributed by atoms with Crippen molar-refractivity contribution >= 4 is 29.7 Å². The molecule has 2 saturated heterocycles. The molecule has 0 saturated carbocycles. The van der Waals surface area contributed by atoms with E-state index in [1.165, 1.54) is 0 Å². The Morgan fingerprint density at radius 2 is 1.66 bits per heavy atom. The molecule has 50 heavy (non-hydrogen) atoms. The number of hydrogen-bond acceptors (Lipinski definition) is 14. The predicted octanol–water partition coefficient (Wildman–Crippen LogP) is -0.463. The zero-order valence-electron chi connectivity index (χ0n) is 29.4. The highest BCUT2D eigenvalue weighted by Crippen LogP contribution is 2.25. The van der Waals surface area contributed by atoms with Gasteiger partial charge in [-0.25, -0.2) is 4.68 Å². The first-order chi connectivity index (χ1) is 24.4. The summed E-state index contributed by atoms with van der Waals surface area (Å²) >= 11 is 0. The fourth-order valence-electron chi connectivity index (χ4n) is 5.47. The minimum atomic E-state index is -0.451. The van der Waals surface area contributed by atoms with Crippen LogP contribution in [0, 0.1) is 18.3 Å². The van der Waals surface area contributed by atoms with Gasteiger partial charge in [-0.05, 0) is 18.8 Å². The minimum Gasteiger partial charge on any atom is -0.378 e. The van der Waals surface area contributed by atoms with Gasteiger partial charge in [0.05, 0.1) is 51.9 Å². The number of guanidine groups is 1. The zero-order chi connectivity index (χ0) is 35.6. The molecule has 18 nitrogen and oxygen atoms in total. The average Bonchev–Trinajstić information content (AvgIpc) is 3.60. The van der Waals surface area contributed by atoms with Gasteiger partial charge in [0.1, 0.15) is 12.6 Å². The van der Waals surface area contributed by atoms with E-state index in [1.54, 1.807) is 4.68 Å². The van der Waals surface area contributed by atoms with E-state index in [1.807, 2.05) is 11.1 Å². The lowest BCUT2D eigenvalue weighted by atomic mass is 9.97. The largest absolute Gasteiger partial charge is 0.378 e. The number of nitrogens with zero attached hydrogens (tertiary/aromatic N) is 10. The Morgan fingerprint density at radius 3 is 2.32 bits per heavy atom. The number of anilines is 3. The molecule has 2 aromatic heterocycles. The Bertz CT molecular complexity index is 1370. The van der Waals surface area contributed by atoms with Crippen molar-refractivity contribution in [1.29, 1.82) is 0 Å². The van der Waals surface area contributed by atoms with E-state index in [9.17, 15) is 4.79 Å². The average molecular weight is 700 g/mol. The number of aryl methyl sites for hydroxylation is 1. The van der Waals surface area contributed by atoms with Crippen LogP contribution in [0.2, 0.25) is 0 Å². The van der Waals surface area contributed by atoms with Gasteiger partial charge in [0.25, 0.3) is 0 Å². The van der Waals surface area contributed by atoms with Crippen molar-refractivity contribution < 1.29 is 23.7 Å². The fourth-order valence-corrected chi connectivity index (χ4v) is 5.47. The van der Waals surface area contributed by atoms with Gasteiger partial charge < -0.3 is 50.4 Å². The van der Waals surface area contributed by atoms with Crippen LogP contribution in [0.1, 0.15) is 38.4 Å². The van der Waals surface area contributed by atoms with Crippen molar-refractivity contribution in [3.63, 3.8) is 0 Å². The predicted molar refractivity (Wildman–Crippen MR) is 189 cm³/mol. The fraction of sp³-hybridized carbons (Fsp3) is 0.719. The van der Waals surface area contributed by atoms with E-state index >= 15 is 0 Å². The minimum absolute atomic E-state index is 0.0330. The maximum absolute atomic E-state index is 14.0. The van der Waals surface area contributed by atoms with Crippen LogP contribution < -0.4 is 26.6 Å². The third-order valence-electron chi connectivity index (χ3n) is 8.40. The molecule has 4 rings (SSSR count). The molecule has 2 aliphatic rings. The molecule has 0 radical (unpaired) electrons. The molecular weight excluding hydrogens is 646 g/mol. The Kier molecular flexibility index (Phi) is 16.2. The van der Waals surface area contributed by atoms with Gasteiger partial charge in [-0.2, -0.15) is 15.0 Å². The van der Waals surface area contributed by atoms with Crippen molar-refractivity contribution in [1.82, 2.24) is 34.8 Å². The molecule has 2 fully saturated rings. The van der Waals surface area contributed by atoms with Gasteiger partial charge in [-0.3, -0.25) is 9.79 Å². The molecule has 0 aromatic carbocycles. The second-order valence-corrected chi connectivity index (χ2v) is 12.0. The Morgan fingerprint density at radius 1 is 1.00 bits per heavy atom. The summed E-state index contributed by atoms with van der Waals surface area (Å²) in [7, 11) is 0. The third kappa shape index (κ3) is 12.2. The van der Waals surface area contributed by atoms with E-state index in [-0.39, 0.29) is 24.4 Å². The monoisotopic (exact) mass is 699 g/mol. The van der Waals surface area contributed by atoms with Gasteiger partial charge in [0, 0.05) is 58.6 Å². The lowest BCUT2D eigenvalue weighted by molar-refractivity contribution is -0.137. The van der Waals surface area contributed by atoms with Crippen molar-refractivity contribution in [3.8, 4) is 12.3 Å². The molecule has 0 spiro atoms. The summed E-state index contributed by atoms with van der Waals surface area (Å²) in [6, 6.07) is -0.451. The molecule has 5 N–H and O–H groups in total. The SMILES string of the molecule is C#CCOCCOCCOCCNc1nc(N2CCOCC2)nc(N2CCN(C(=O)C(C(C)CC)n3cc(CCCN=C(N)N)nn3)CC2)n1. The standard InChI is InChI=1S/C32H53N13O5/c1-4-16-47-20-22-50-23-21-48-17-9-36-30-37-31(39-32(38-30)44-14-18-49-19-15-44)43-12-10-42(11-13-43)28(46)27(25(3)5-2)45-24-26(40-41-45)7-6-8-35-29(33)34/h1,24-25,27H,5-23H2,2-3H3,(H4,33,34,35)(H,36,37,38,39). The third-order valence-corrected chi connectivity index (χ3v) is 8.40. The number of morpholine rings is 1. The van der Waals surface area contributed by atoms with Crippen LogP contribution in [-0.2, 0) is 30.2 Å². The number of carbonyl (C=O) groups is 1. The second kappa shape index (κ2) is 21.0. The topological polar surface area (TPSA) is 210 Å². The Labute approximate surface area is 294 Å². The van der Waals surface area contributed by atoms with Crippen LogP contribution in [-0.4, -0.2) is 152 Å². The van der Waals surface area contributed by atoms with E-state index in [4.69, 9.17) is 51.8 Å². The molecule has 2 atom stereocenters. The molecule has 4 heterocycles. The smallest absolute Gasteiger partial charge is 0.247 e. The van der Waals surface area contributed by atoms with E-state index in [2.05, 4.69) is 50.2 Å². The molecule has 2 unspecified atom stereocenters. The first kappa shape index (κ1) is 38.5. The number of terminal acetylenes is 1. The maximum atomic E-state index is 14.0. The quantitative estimate of drug-likeness (QED) is 0.0652. The summed E-state index contributed by atoms with van der Waals surface area (Å²) in [4.78, 5) is 38.4. The highest BCUT2D eigenvalue weighted by Gasteiger charge is 2.33. The Balaban J connectivity index is 1.33. The van der Waals surface area contributed by atoms with Crippen LogP contribution in [0.3, 0.4) is 0 Å². The van der Waals surface area contributed by atoms with Crippen molar-refractivity contribution in [2.24, 2.45) is 22.4 Å². The van der Waals surface area contributed by atoms with Crippen molar-refractivity contribution in [3.05, 3.63) is 11.9 Å². The molecule has 2 aliphatic heterocycles. The van der Waals surface area contributed by atoms with E-state index in [0.717, 1.165) is 18.5 Å². The molecular formula is C32H53N13O5. The first-order valence-corrected chi connectivity index (χ1v) is 17.4. The van der Waals surface area contributed by atoms with Gasteiger partial charge in [0.2, 0.25) is 23.8 Å². The number of ether oxygens (including phenoxy) is 4. The van der Waals surface area contributed by atoms with Crippen LogP contribution in [0.25, 0.3) is 0 Å². The Hall–Kier alpha value is -4.31. The van der Waals surface area contributed by atoms with Crippen LogP contribution in [0.5, 0.6) is 0 Å². The van der Waals surface area contributed by atoms with Crippen molar-refractivity contribution in [2.75, 3.05) is 120 Å². The van der Waals surface area contributed by atoms with Gasteiger partial charge in [-0.15, -0.1) is 11.5 Å². The molecule has 0 aliphatic carbocycles. The summed E-state index contributed by atoms with van der Waals surface area (Å²) in [5, 5.41) is 12.0. The second-order valence-electron chi connectivity index (χ2n) is 12.0. The molecule has 276 valence electrons. The van der Waals surface area contributed by atoms with Crippen molar-refractivity contribution in [2.45, 2.75) is 39.2 Å². The number of nitrogens with one attached hydrogen (secondary N) is 1. The highest BCUT2D eigenvalue weighted by molar-refractivity contribution is 5.81. The van der Waals surface area contributed by atoms with E-state index < -0.39 is 6.04 Å². The number of rotatable bonds is 21. The number of aliphatic imine (C=N–C) groups is 1. The lowest BCUT2D eigenvalue weighted by Crippen LogP contribution is -2.52. The number of carbonyl (C=O) groups excluding carboxylic acids is 1. The lowest BCUT2D eigenvalue weighted by Gasteiger charge is -2.37. The summed E-state index contributed by atoms with van der Waals surface area (Å²) < 4.78 is 23.6. The van der Waals surface area contributed by atoms with Crippen LogP contribution in [0.15, 0.2) is 11.2 Å². The van der Waals surface area contributed by atoms with Gasteiger partial charge >= 0.3 is 0 Å². The van der Waals surface area contributed by atoms with Gasteiger partial charge in [-0.1, -0.05) is 31.4 Å². The van der Waals surface area contributed by atoms with Gasteiger partial charge in [0.15, 0.2) is 5.96 Å². The summed E-state index contributed by atoms with van der Waals surface area (Å²) in [6.07, 6.45) is 9.24. The highest BCUT2D eigenvalue weighted by atomic mass is 16.5. The van der Waals surface area contributed by atoms with Crippen LogP contribution >= 0.6 is 0 Å². The molecule has 0 bridgehead atoms. The molecule has 18 heteroatoms. The number of hydrogen-bond donors (Lipinski definition) is 3.